The number of alkyl halides is 3. The highest BCUT2D eigenvalue weighted by atomic mass is 19.4. The lowest BCUT2D eigenvalue weighted by Gasteiger charge is -2.12. The molecule has 0 radical (unpaired) electrons. The predicted octanol–water partition coefficient (Wildman–Crippen LogP) is 6.04. The van der Waals surface area contributed by atoms with Crippen LogP contribution < -0.4 is 15.8 Å². The topological polar surface area (TPSA) is 64.3 Å². The fraction of sp³-hybridized carbons (Fsp3) is 0.115. The van der Waals surface area contributed by atoms with Gasteiger partial charge < -0.3 is 15.8 Å². The van der Waals surface area contributed by atoms with Crippen molar-refractivity contribution in [1.29, 1.82) is 0 Å². The Morgan fingerprint density at radius 1 is 0.879 bits per heavy atom. The zero-order valence-electron chi connectivity index (χ0n) is 17.5. The molecule has 0 spiro atoms. The predicted molar refractivity (Wildman–Crippen MR) is 121 cm³/mol. The molecule has 0 aliphatic carbocycles. The first-order valence-corrected chi connectivity index (χ1v) is 10.3. The van der Waals surface area contributed by atoms with Crippen LogP contribution in [0.3, 0.4) is 0 Å². The van der Waals surface area contributed by atoms with Gasteiger partial charge in [0.1, 0.15) is 11.5 Å². The van der Waals surface area contributed by atoms with Crippen LogP contribution in [0.1, 0.15) is 27.0 Å². The van der Waals surface area contributed by atoms with Crippen LogP contribution in [0.4, 0.5) is 13.2 Å². The summed E-state index contributed by atoms with van der Waals surface area (Å²) in [5.74, 6) is 0.555. The average Bonchev–Trinajstić information content (AvgIpc) is 2.82. The van der Waals surface area contributed by atoms with Crippen LogP contribution in [0.5, 0.6) is 11.5 Å². The van der Waals surface area contributed by atoms with Crippen molar-refractivity contribution < 1.29 is 22.7 Å². The summed E-state index contributed by atoms with van der Waals surface area (Å²) in [6.45, 7) is 0.811. The molecule has 33 heavy (non-hydrogen) atoms. The molecule has 0 aliphatic rings. The molecule has 4 aromatic carbocycles. The molecule has 0 saturated carbocycles. The fourth-order valence-corrected chi connectivity index (χ4v) is 3.47. The zero-order chi connectivity index (χ0) is 23.4. The molecule has 4 nitrogen and oxygen atoms in total. The van der Waals surface area contributed by atoms with Crippen LogP contribution in [-0.2, 0) is 19.3 Å². The van der Waals surface area contributed by atoms with Gasteiger partial charge in [0.25, 0.3) is 5.91 Å². The summed E-state index contributed by atoms with van der Waals surface area (Å²) in [6, 6.07) is 22.8. The first kappa shape index (κ1) is 22.4. The molecular formula is C26H21F3N2O2. The van der Waals surface area contributed by atoms with E-state index >= 15 is 0 Å². The SMILES string of the molecule is NCc1cccc(CNC(=O)c2ccc3c(Oc4ccc(C(F)(F)F)cc4)cccc3c2)c1. The molecule has 0 aromatic heterocycles. The summed E-state index contributed by atoms with van der Waals surface area (Å²) in [5.41, 5.74) is 7.36. The summed E-state index contributed by atoms with van der Waals surface area (Å²) >= 11 is 0. The minimum Gasteiger partial charge on any atom is -0.457 e. The monoisotopic (exact) mass is 450 g/mol. The van der Waals surface area contributed by atoms with Crippen molar-refractivity contribution in [1.82, 2.24) is 5.32 Å². The molecule has 3 N–H and O–H groups in total. The largest absolute Gasteiger partial charge is 0.457 e. The lowest BCUT2D eigenvalue weighted by Crippen LogP contribution is -2.22. The molecule has 0 fully saturated rings. The molecule has 0 atom stereocenters. The highest BCUT2D eigenvalue weighted by Gasteiger charge is 2.30. The average molecular weight is 450 g/mol. The van der Waals surface area contributed by atoms with Crippen molar-refractivity contribution in [2.24, 2.45) is 5.73 Å². The number of rotatable bonds is 6. The van der Waals surface area contributed by atoms with Gasteiger partial charge >= 0.3 is 6.18 Å². The second-order valence-electron chi connectivity index (χ2n) is 7.52. The summed E-state index contributed by atoms with van der Waals surface area (Å²) in [6.07, 6.45) is -4.40. The van der Waals surface area contributed by atoms with Gasteiger partial charge in [-0.15, -0.1) is 0 Å². The second-order valence-corrected chi connectivity index (χ2v) is 7.52. The van der Waals surface area contributed by atoms with Gasteiger partial charge in [0, 0.05) is 24.0 Å². The van der Waals surface area contributed by atoms with Crippen LogP contribution in [0.25, 0.3) is 10.8 Å². The van der Waals surface area contributed by atoms with Crippen LogP contribution in [0, 0.1) is 0 Å². The van der Waals surface area contributed by atoms with E-state index in [-0.39, 0.29) is 11.7 Å². The standard InChI is InChI=1S/C26H21F3N2O2/c27-26(28,29)21-8-10-22(11-9-21)33-24-6-2-5-19-14-20(7-12-23(19)24)25(32)31-16-18-4-1-3-17(13-18)15-30/h1-14H,15-16,30H2,(H,31,32). The van der Waals surface area contributed by atoms with Crippen molar-refractivity contribution in [2.45, 2.75) is 19.3 Å². The molecular weight excluding hydrogens is 429 g/mol. The van der Waals surface area contributed by atoms with Gasteiger partial charge in [-0.3, -0.25) is 4.79 Å². The maximum atomic E-state index is 12.8. The lowest BCUT2D eigenvalue weighted by atomic mass is 10.1. The third kappa shape index (κ3) is 5.32. The van der Waals surface area contributed by atoms with E-state index in [1.165, 1.54) is 12.1 Å². The van der Waals surface area contributed by atoms with Gasteiger partial charge in [-0.25, -0.2) is 0 Å². The number of amides is 1. The summed E-state index contributed by atoms with van der Waals surface area (Å²) in [4.78, 5) is 12.6. The van der Waals surface area contributed by atoms with E-state index in [0.717, 1.165) is 34.0 Å². The lowest BCUT2D eigenvalue weighted by molar-refractivity contribution is -0.137. The van der Waals surface area contributed by atoms with E-state index in [0.29, 0.717) is 24.4 Å². The minimum absolute atomic E-state index is 0.218. The Morgan fingerprint density at radius 2 is 1.61 bits per heavy atom. The summed E-state index contributed by atoms with van der Waals surface area (Å²) < 4.78 is 44.1. The number of fused-ring (bicyclic) bond motifs is 1. The number of benzene rings is 4. The molecule has 1 amide bonds. The Balaban J connectivity index is 1.50. The van der Waals surface area contributed by atoms with E-state index in [2.05, 4.69) is 5.32 Å². The van der Waals surface area contributed by atoms with E-state index in [1.807, 2.05) is 30.3 Å². The Bertz CT molecular complexity index is 1280. The molecule has 168 valence electrons. The second kappa shape index (κ2) is 9.34. The number of halogens is 3. The first-order chi connectivity index (χ1) is 15.8. The molecule has 4 aromatic rings. The zero-order valence-corrected chi connectivity index (χ0v) is 17.5. The van der Waals surface area contributed by atoms with Gasteiger partial charge in [0.2, 0.25) is 0 Å². The summed E-state index contributed by atoms with van der Waals surface area (Å²) in [5, 5.41) is 4.42. The Hall–Kier alpha value is -3.84. The molecule has 0 unspecified atom stereocenters. The van der Waals surface area contributed by atoms with Crippen molar-refractivity contribution >= 4 is 16.7 Å². The molecule has 0 aliphatic heterocycles. The van der Waals surface area contributed by atoms with E-state index < -0.39 is 11.7 Å². The number of carbonyl (C=O) groups excluding carboxylic acids is 1. The molecule has 7 heteroatoms. The highest BCUT2D eigenvalue weighted by Crippen LogP contribution is 2.33. The first-order valence-electron chi connectivity index (χ1n) is 10.3. The number of carbonyl (C=O) groups is 1. The van der Waals surface area contributed by atoms with Crippen molar-refractivity contribution in [3.8, 4) is 11.5 Å². The van der Waals surface area contributed by atoms with E-state index in [9.17, 15) is 18.0 Å². The normalized spacial score (nSPS) is 11.4. The fourth-order valence-electron chi connectivity index (χ4n) is 3.47. The quantitative estimate of drug-likeness (QED) is 0.376. The molecule has 0 bridgehead atoms. The van der Waals surface area contributed by atoms with E-state index in [4.69, 9.17) is 10.5 Å². The molecule has 4 rings (SSSR count). The van der Waals surface area contributed by atoms with Crippen molar-refractivity contribution in [3.05, 3.63) is 107 Å². The van der Waals surface area contributed by atoms with Crippen LogP contribution in [-0.4, -0.2) is 5.91 Å². The third-order valence-electron chi connectivity index (χ3n) is 5.19. The van der Waals surface area contributed by atoms with Crippen LogP contribution in [0.15, 0.2) is 84.9 Å². The smallest absolute Gasteiger partial charge is 0.416 e. The van der Waals surface area contributed by atoms with Gasteiger partial charge in [0.15, 0.2) is 0 Å². The van der Waals surface area contributed by atoms with Gasteiger partial charge in [-0.1, -0.05) is 36.4 Å². The van der Waals surface area contributed by atoms with Crippen molar-refractivity contribution in [3.63, 3.8) is 0 Å². The maximum Gasteiger partial charge on any atom is 0.416 e. The Labute approximate surface area is 188 Å². The third-order valence-corrected chi connectivity index (χ3v) is 5.19. The van der Waals surface area contributed by atoms with Crippen LogP contribution in [0.2, 0.25) is 0 Å². The number of hydrogen-bond acceptors (Lipinski definition) is 3. The van der Waals surface area contributed by atoms with E-state index in [1.54, 1.807) is 30.3 Å². The number of hydrogen-bond donors (Lipinski definition) is 2. The van der Waals surface area contributed by atoms with Crippen LogP contribution >= 0.6 is 0 Å². The maximum absolute atomic E-state index is 12.8. The van der Waals surface area contributed by atoms with Crippen molar-refractivity contribution in [2.75, 3.05) is 0 Å². The number of nitrogens with one attached hydrogen (secondary N) is 1. The number of ether oxygens (including phenoxy) is 1. The number of nitrogens with two attached hydrogens (primary N) is 1. The summed E-state index contributed by atoms with van der Waals surface area (Å²) in [7, 11) is 0. The minimum atomic E-state index is -4.40. The molecule has 0 saturated heterocycles. The molecule has 0 heterocycles. The highest BCUT2D eigenvalue weighted by molar-refractivity contribution is 5.99. The Kier molecular flexibility index (Phi) is 6.33. The van der Waals surface area contributed by atoms with Gasteiger partial charge in [-0.05, 0) is 65.0 Å². The Morgan fingerprint density at radius 3 is 2.33 bits per heavy atom. The van der Waals surface area contributed by atoms with Gasteiger partial charge in [-0.2, -0.15) is 13.2 Å². The van der Waals surface area contributed by atoms with Gasteiger partial charge in [0.05, 0.1) is 5.56 Å².